The minimum absolute atomic E-state index is 0.0453. The van der Waals surface area contributed by atoms with Gasteiger partial charge in [0.05, 0.1) is 41.2 Å². The lowest BCUT2D eigenvalue weighted by molar-refractivity contribution is -0.139. The van der Waals surface area contributed by atoms with Gasteiger partial charge in [0.1, 0.15) is 11.5 Å². The van der Waals surface area contributed by atoms with Gasteiger partial charge in [-0.2, -0.15) is 0 Å². The SMILES string of the molecule is CCOC(=O)C1=C(C)N=c2s/c(=C\c3cccc(OC(C)C)c3)c(=O)n2[C@@H]1c1ccc(OCC)cc1. The van der Waals surface area contributed by atoms with Crippen molar-refractivity contribution in [1.82, 2.24) is 4.57 Å². The molecule has 2 heterocycles. The number of hydrogen-bond acceptors (Lipinski definition) is 7. The molecule has 1 aliphatic rings. The van der Waals surface area contributed by atoms with Crippen molar-refractivity contribution in [3.63, 3.8) is 0 Å². The zero-order valence-corrected chi connectivity index (χ0v) is 21.9. The predicted molar refractivity (Wildman–Crippen MR) is 140 cm³/mol. The minimum atomic E-state index is -0.659. The van der Waals surface area contributed by atoms with Gasteiger partial charge < -0.3 is 14.2 Å². The zero-order chi connectivity index (χ0) is 25.8. The van der Waals surface area contributed by atoms with Crippen LogP contribution in [-0.2, 0) is 9.53 Å². The number of nitrogens with zero attached hydrogens (tertiary/aromatic N) is 2. The number of hydrogen-bond donors (Lipinski definition) is 0. The molecule has 188 valence electrons. The van der Waals surface area contributed by atoms with Gasteiger partial charge in [-0.1, -0.05) is 35.6 Å². The van der Waals surface area contributed by atoms with E-state index < -0.39 is 12.0 Å². The number of esters is 1. The highest BCUT2D eigenvalue weighted by Gasteiger charge is 2.33. The predicted octanol–water partition coefficient (Wildman–Crippen LogP) is 3.98. The number of thiazole rings is 1. The molecular formula is C28H30N2O5S. The van der Waals surface area contributed by atoms with Crippen molar-refractivity contribution >= 4 is 23.4 Å². The minimum Gasteiger partial charge on any atom is -0.494 e. The second-order valence-corrected chi connectivity index (χ2v) is 9.55. The number of aromatic nitrogens is 1. The third-order valence-electron chi connectivity index (χ3n) is 5.55. The van der Waals surface area contributed by atoms with Gasteiger partial charge in [0, 0.05) is 0 Å². The van der Waals surface area contributed by atoms with Crippen LogP contribution in [0, 0.1) is 0 Å². The van der Waals surface area contributed by atoms with E-state index in [0.29, 0.717) is 27.2 Å². The van der Waals surface area contributed by atoms with Crippen molar-refractivity contribution in [3.05, 3.63) is 90.6 Å². The number of rotatable bonds is 8. The normalized spacial score (nSPS) is 15.5. The monoisotopic (exact) mass is 506 g/mol. The fraction of sp³-hybridized carbons (Fsp3) is 0.321. The van der Waals surface area contributed by atoms with E-state index in [4.69, 9.17) is 14.2 Å². The molecule has 7 nitrogen and oxygen atoms in total. The van der Waals surface area contributed by atoms with Crippen LogP contribution in [0.1, 0.15) is 51.8 Å². The Morgan fingerprint density at radius 2 is 1.86 bits per heavy atom. The maximum absolute atomic E-state index is 13.7. The van der Waals surface area contributed by atoms with Crippen LogP contribution < -0.4 is 24.4 Å². The van der Waals surface area contributed by atoms with E-state index in [2.05, 4.69) is 4.99 Å². The molecule has 0 bridgehead atoms. The van der Waals surface area contributed by atoms with Crippen LogP contribution in [-0.4, -0.2) is 29.9 Å². The number of allylic oxidation sites excluding steroid dienone is 1. The molecule has 1 aliphatic heterocycles. The van der Waals surface area contributed by atoms with Crippen LogP contribution in [0.25, 0.3) is 6.08 Å². The molecule has 1 atom stereocenters. The summed E-state index contributed by atoms with van der Waals surface area (Å²) in [6, 6.07) is 14.4. The summed E-state index contributed by atoms with van der Waals surface area (Å²) in [5.41, 5.74) is 2.29. The second-order valence-electron chi connectivity index (χ2n) is 8.54. The highest BCUT2D eigenvalue weighted by Crippen LogP contribution is 2.31. The summed E-state index contributed by atoms with van der Waals surface area (Å²) in [5.74, 6) is 0.972. The largest absolute Gasteiger partial charge is 0.494 e. The molecule has 2 aromatic carbocycles. The van der Waals surface area contributed by atoms with Crippen LogP contribution in [0.15, 0.2) is 69.6 Å². The fourth-order valence-corrected chi connectivity index (χ4v) is 5.17. The first-order valence-corrected chi connectivity index (χ1v) is 12.8. The molecule has 36 heavy (non-hydrogen) atoms. The van der Waals surface area contributed by atoms with Crippen molar-refractivity contribution < 1.29 is 19.0 Å². The lowest BCUT2D eigenvalue weighted by Crippen LogP contribution is -2.39. The van der Waals surface area contributed by atoms with Gasteiger partial charge in [0.25, 0.3) is 5.56 Å². The molecule has 0 saturated heterocycles. The van der Waals surface area contributed by atoms with E-state index in [1.165, 1.54) is 11.3 Å². The van der Waals surface area contributed by atoms with Crippen molar-refractivity contribution in [3.8, 4) is 11.5 Å². The maximum Gasteiger partial charge on any atom is 0.338 e. The van der Waals surface area contributed by atoms with Crippen molar-refractivity contribution in [1.29, 1.82) is 0 Å². The molecule has 0 amide bonds. The fourth-order valence-electron chi connectivity index (χ4n) is 4.12. The Morgan fingerprint density at radius 1 is 1.11 bits per heavy atom. The van der Waals surface area contributed by atoms with Crippen LogP contribution >= 0.6 is 11.3 Å². The molecule has 0 spiro atoms. The average molecular weight is 507 g/mol. The second kappa shape index (κ2) is 11.0. The van der Waals surface area contributed by atoms with Crippen LogP contribution in [0.2, 0.25) is 0 Å². The van der Waals surface area contributed by atoms with E-state index in [-0.39, 0.29) is 18.3 Å². The first-order valence-electron chi connectivity index (χ1n) is 12.0. The zero-order valence-electron chi connectivity index (χ0n) is 21.1. The molecule has 3 aromatic rings. The first kappa shape index (κ1) is 25.4. The van der Waals surface area contributed by atoms with E-state index in [9.17, 15) is 9.59 Å². The lowest BCUT2D eigenvalue weighted by Gasteiger charge is -2.24. The summed E-state index contributed by atoms with van der Waals surface area (Å²) in [4.78, 5) is 31.9. The molecule has 0 fully saturated rings. The van der Waals surface area contributed by atoms with Crippen LogP contribution in [0.5, 0.6) is 11.5 Å². The Bertz CT molecular complexity index is 1460. The number of carbonyl (C=O) groups is 1. The Morgan fingerprint density at radius 3 is 2.53 bits per heavy atom. The highest BCUT2D eigenvalue weighted by atomic mass is 32.1. The quantitative estimate of drug-likeness (QED) is 0.432. The molecule has 4 rings (SSSR count). The van der Waals surface area contributed by atoms with Gasteiger partial charge in [0.15, 0.2) is 4.80 Å². The summed E-state index contributed by atoms with van der Waals surface area (Å²) in [6.07, 6.45) is 1.87. The summed E-state index contributed by atoms with van der Waals surface area (Å²) in [5, 5.41) is 0. The van der Waals surface area contributed by atoms with Crippen molar-refractivity contribution in [2.45, 2.75) is 46.8 Å². The molecule has 0 N–H and O–H groups in total. The van der Waals surface area contributed by atoms with Crippen molar-refractivity contribution in [2.75, 3.05) is 13.2 Å². The standard InChI is InChI=1S/C28H30N2O5S/c1-6-33-21-13-11-20(12-14-21)25-24(27(32)34-7-2)18(5)29-28-30(25)26(31)23(36-28)16-19-9-8-10-22(15-19)35-17(3)4/h8-17,25H,6-7H2,1-5H3/b23-16-/t25-/m1/s1. The summed E-state index contributed by atoms with van der Waals surface area (Å²) < 4.78 is 18.8. The summed E-state index contributed by atoms with van der Waals surface area (Å²) in [6.45, 7) is 10.2. The Labute approximate surface area is 214 Å². The van der Waals surface area contributed by atoms with Gasteiger partial charge in [-0.05, 0) is 76.1 Å². The third kappa shape index (κ3) is 5.28. The van der Waals surface area contributed by atoms with E-state index in [1.807, 2.05) is 75.4 Å². The number of carbonyl (C=O) groups excluding carboxylic acids is 1. The molecule has 0 radical (unpaired) electrons. The van der Waals surface area contributed by atoms with E-state index >= 15 is 0 Å². The van der Waals surface area contributed by atoms with Gasteiger partial charge >= 0.3 is 5.97 Å². The van der Waals surface area contributed by atoms with Crippen LogP contribution in [0.3, 0.4) is 0 Å². The summed E-state index contributed by atoms with van der Waals surface area (Å²) >= 11 is 1.29. The number of fused-ring (bicyclic) bond motifs is 1. The number of benzene rings is 2. The summed E-state index contributed by atoms with van der Waals surface area (Å²) in [7, 11) is 0. The Balaban J connectivity index is 1.87. The average Bonchev–Trinajstić information content (AvgIpc) is 3.13. The van der Waals surface area contributed by atoms with Gasteiger partial charge in [-0.25, -0.2) is 9.79 Å². The lowest BCUT2D eigenvalue weighted by atomic mass is 9.96. The maximum atomic E-state index is 13.7. The topological polar surface area (TPSA) is 79.1 Å². The van der Waals surface area contributed by atoms with Gasteiger partial charge in [-0.3, -0.25) is 9.36 Å². The van der Waals surface area contributed by atoms with Crippen LogP contribution in [0.4, 0.5) is 0 Å². The van der Waals surface area contributed by atoms with E-state index in [1.54, 1.807) is 18.4 Å². The molecule has 8 heteroatoms. The van der Waals surface area contributed by atoms with Gasteiger partial charge in [0.2, 0.25) is 0 Å². The smallest absolute Gasteiger partial charge is 0.338 e. The molecular weight excluding hydrogens is 476 g/mol. The highest BCUT2D eigenvalue weighted by molar-refractivity contribution is 7.07. The first-order chi connectivity index (χ1) is 17.3. The molecule has 1 aromatic heterocycles. The number of ether oxygens (including phenoxy) is 3. The van der Waals surface area contributed by atoms with Crippen molar-refractivity contribution in [2.24, 2.45) is 4.99 Å². The molecule has 0 aliphatic carbocycles. The van der Waals surface area contributed by atoms with Gasteiger partial charge in [-0.15, -0.1) is 0 Å². The molecule has 0 unspecified atom stereocenters. The Kier molecular flexibility index (Phi) is 7.74. The third-order valence-corrected chi connectivity index (χ3v) is 6.53. The Hall–Kier alpha value is -3.65. The van der Waals surface area contributed by atoms with E-state index in [0.717, 1.165) is 22.6 Å². The molecule has 0 saturated carbocycles.